The van der Waals surface area contributed by atoms with Gasteiger partial charge in [-0.3, -0.25) is 9.62 Å². The van der Waals surface area contributed by atoms with Crippen molar-refractivity contribution in [3.8, 4) is 5.75 Å². The van der Waals surface area contributed by atoms with Crippen molar-refractivity contribution < 1.29 is 30.7 Å². The number of nitrogens with one attached hydrogen (secondary N) is 1. The van der Waals surface area contributed by atoms with Crippen LogP contribution in [0.15, 0.2) is 65.6 Å². The number of ether oxygens (including phenoxy) is 1. The number of hydrogen-bond donors (Lipinski definition) is 1. The highest BCUT2D eigenvalue weighted by Crippen LogP contribution is 2.33. The van der Waals surface area contributed by atoms with Crippen LogP contribution in [0.2, 0.25) is 0 Å². The van der Waals surface area contributed by atoms with Gasteiger partial charge in [0.25, 0.3) is 10.0 Å². The van der Waals surface area contributed by atoms with E-state index in [0.717, 1.165) is 48.9 Å². The molecular formula is C29H32F4N2O3S. The molecule has 5 nitrogen and oxygen atoms in total. The van der Waals surface area contributed by atoms with Crippen molar-refractivity contribution in [2.75, 3.05) is 17.9 Å². The lowest BCUT2D eigenvalue weighted by Crippen LogP contribution is -2.31. The van der Waals surface area contributed by atoms with E-state index in [0.29, 0.717) is 31.9 Å². The summed E-state index contributed by atoms with van der Waals surface area (Å²) in [6, 6.07) is 14.2. The minimum Gasteiger partial charge on any atom is -0.493 e. The van der Waals surface area contributed by atoms with E-state index in [9.17, 15) is 26.0 Å². The first-order valence-corrected chi connectivity index (χ1v) is 14.5. The van der Waals surface area contributed by atoms with Crippen molar-refractivity contribution in [1.29, 1.82) is 0 Å². The lowest BCUT2D eigenvalue weighted by molar-refractivity contribution is -0.138. The molecule has 0 aromatic heterocycles. The molecule has 4 rings (SSSR count). The maximum Gasteiger partial charge on any atom is 0.416 e. The second kappa shape index (κ2) is 12.4. The maximum absolute atomic E-state index is 14.6. The van der Waals surface area contributed by atoms with Gasteiger partial charge in [0.15, 0.2) is 5.82 Å². The first-order valence-electron chi connectivity index (χ1n) is 13.0. The van der Waals surface area contributed by atoms with E-state index in [2.05, 4.69) is 11.6 Å². The Labute approximate surface area is 226 Å². The summed E-state index contributed by atoms with van der Waals surface area (Å²) in [5.74, 6) is -0.402. The van der Waals surface area contributed by atoms with E-state index in [-0.39, 0.29) is 22.7 Å². The van der Waals surface area contributed by atoms with Crippen molar-refractivity contribution in [3.63, 3.8) is 0 Å². The second-order valence-corrected chi connectivity index (χ2v) is 11.4. The lowest BCUT2D eigenvalue weighted by atomic mass is 9.98. The molecule has 39 heavy (non-hydrogen) atoms. The van der Waals surface area contributed by atoms with Crippen LogP contribution in [0.4, 0.5) is 23.2 Å². The van der Waals surface area contributed by atoms with Gasteiger partial charge in [0.1, 0.15) is 5.75 Å². The molecule has 210 valence electrons. The van der Waals surface area contributed by atoms with Crippen LogP contribution in [0, 0.1) is 5.82 Å². The summed E-state index contributed by atoms with van der Waals surface area (Å²) in [6.07, 6.45) is 0.151. The quantitative estimate of drug-likeness (QED) is 0.198. The molecule has 0 saturated carbocycles. The smallest absolute Gasteiger partial charge is 0.416 e. The zero-order valence-corrected chi connectivity index (χ0v) is 22.5. The third-order valence-corrected chi connectivity index (χ3v) is 8.11. The number of halogens is 4. The molecule has 0 aliphatic carbocycles. The molecule has 0 radical (unpaired) electrons. The van der Waals surface area contributed by atoms with Gasteiger partial charge in [0.05, 0.1) is 22.8 Å². The van der Waals surface area contributed by atoms with Crippen molar-refractivity contribution in [2.24, 2.45) is 0 Å². The Morgan fingerprint density at radius 2 is 1.77 bits per heavy atom. The van der Waals surface area contributed by atoms with Gasteiger partial charge in [0.2, 0.25) is 0 Å². The minimum absolute atomic E-state index is 0.00670. The van der Waals surface area contributed by atoms with Gasteiger partial charge in [-0.2, -0.15) is 13.2 Å². The van der Waals surface area contributed by atoms with Gasteiger partial charge >= 0.3 is 6.18 Å². The number of nitrogens with zero attached hydrogens (tertiary/aromatic N) is 1. The van der Waals surface area contributed by atoms with Crippen LogP contribution >= 0.6 is 0 Å². The monoisotopic (exact) mass is 564 g/mol. The molecule has 0 spiro atoms. The number of sulfonamides is 1. The third kappa shape index (κ3) is 7.51. The Kier molecular flexibility index (Phi) is 9.17. The molecule has 1 aliphatic heterocycles. The van der Waals surface area contributed by atoms with Crippen LogP contribution in [0.3, 0.4) is 0 Å². The number of fused-ring (bicyclic) bond motifs is 1. The Morgan fingerprint density at radius 1 is 0.974 bits per heavy atom. The number of rotatable bonds is 11. The number of unbranched alkanes of at least 4 members (excludes halogenated alkanes) is 3. The fourth-order valence-corrected chi connectivity index (χ4v) is 5.77. The molecule has 0 atom stereocenters. The summed E-state index contributed by atoms with van der Waals surface area (Å²) in [5, 5.41) is 0. The van der Waals surface area contributed by atoms with E-state index >= 15 is 0 Å². The summed E-state index contributed by atoms with van der Waals surface area (Å²) >= 11 is 0. The fourth-order valence-electron chi connectivity index (χ4n) is 4.66. The van der Waals surface area contributed by atoms with E-state index in [1.807, 2.05) is 4.90 Å². The Balaban J connectivity index is 1.41. The van der Waals surface area contributed by atoms with Crippen molar-refractivity contribution in [3.05, 3.63) is 88.7 Å². The van der Waals surface area contributed by atoms with Crippen LogP contribution in [0.5, 0.6) is 5.75 Å². The van der Waals surface area contributed by atoms with Crippen molar-refractivity contribution in [1.82, 2.24) is 4.90 Å². The van der Waals surface area contributed by atoms with Crippen LogP contribution < -0.4 is 9.46 Å². The van der Waals surface area contributed by atoms with Crippen molar-refractivity contribution >= 4 is 15.7 Å². The highest BCUT2D eigenvalue weighted by atomic mass is 32.2. The van der Waals surface area contributed by atoms with E-state index < -0.39 is 27.6 Å². The van der Waals surface area contributed by atoms with Crippen LogP contribution in [-0.4, -0.2) is 26.5 Å². The van der Waals surface area contributed by atoms with E-state index in [4.69, 9.17) is 4.74 Å². The molecule has 3 aromatic rings. The molecule has 1 N–H and O–H groups in total. The van der Waals surface area contributed by atoms with Gasteiger partial charge in [-0.25, -0.2) is 12.8 Å². The second-order valence-electron chi connectivity index (χ2n) is 9.70. The molecule has 3 aromatic carbocycles. The van der Waals surface area contributed by atoms with Crippen molar-refractivity contribution in [2.45, 2.75) is 63.2 Å². The van der Waals surface area contributed by atoms with Gasteiger partial charge in [0, 0.05) is 25.7 Å². The highest BCUT2D eigenvalue weighted by Gasteiger charge is 2.33. The standard InChI is InChI=1S/C29H32F4N2O3S/c1-2-3-4-7-16-38-24-11-13-28(27(30)18-24)34-39(36,37)25-12-10-22-19-35(15-14-21(22)17-25)20-23-8-5-6-9-26(23)29(31,32)33/h5-6,8-13,17-18,34H,2-4,7,14-16,19-20H2,1H3. The molecular weight excluding hydrogens is 532 g/mol. The predicted molar refractivity (Wildman–Crippen MR) is 143 cm³/mol. The number of anilines is 1. The number of benzene rings is 3. The molecule has 0 unspecified atom stereocenters. The highest BCUT2D eigenvalue weighted by molar-refractivity contribution is 7.92. The summed E-state index contributed by atoms with van der Waals surface area (Å²) in [5.41, 5.74) is 1.01. The molecule has 0 saturated heterocycles. The van der Waals surface area contributed by atoms with Crippen LogP contribution in [0.25, 0.3) is 0 Å². The first-order chi connectivity index (χ1) is 18.6. The Morgan fingerprint density at radius 3 is 2.51 bits per heavy atom. The topological polar surface area (TPSA) is 58.6 Å². The summed E-state index contributed by atoms with van der Waals surface area (Å²) in [7, 11) is -4.06. The fraction of sp³-hybridized carbons (Fsp3) is 0.379. The summed E-state index contributed by atoms with van der Waals surface area (Å²) in [6.45, 7) is 3.58. The number of alkyl halides is 3. The zero-order chi connectivity index (χ0) is 28.0. The Hall–Kier alpha value is -3.11. The maximum atomic E-state index is 14.6. The third-order valence-electron chi connectivity index (χ3n) is 6.75. The molecule has 1 heterocycles. The minimum atomic E-state index is -4.43. The van der Waals surface area contributed by atoms with Gasteiger partial charge in [-0.05, 0) is 59.9 Å². The average molecular weight is 565 g/mol. The molecule has 0 bridgehead atoms. The summed E-state index contributed by atoms with van der Waals surface area (Å²) in [4.78, 5) is 1.90. The molecule has 1 aliphatic rings. The SMILES string of the molecule is CCCCCCOc1ccc(NS(=O)(=O)c2ccc3c(c2)CCN(Cc2ccccc2C(F)(F)F)C3)c(F)c1. The Bertz CT molecular complexity index is 1390. The van der Waals surface area contributed by atoms with Gasteiger partial charge in [-0.1, -0.05) is 50.5 Å². The van der Waals surface area contributed by atoms with Gasteiger partial charge in [-0.15, -0.1) is 0 Å². The zero-order valence-electron chi connectivity index (χ0n) is 21.7. The van der Waals surface area contributed by atoms with E-state index in [1.54, 1.807) is 18.2 Å². The van der Waals surface area contributed by atoms with Gasteiger partial charge < -0.3 is 4.74 Å². The summed E-state index contributed by atoms with van der Waals surface area (Å²) < 4.78 is 88.6. The lowest BCUT2D eigenvalue weighted by Gasteiger charge is -2.30. The van der Waals surface area contributed by atoms with Crippen LogP contribution in [-0.2, 0) is 35.7 Å². The van der Waals surface area contributed by atoms with E-state index in [1.165, 1.54) is 30.3 Å². The predicted octanol–water partition coefficient (Wildman–Crippen LogP) is 7.16. The normalized spacial score (nSPS) is 14.2. The molecule has 10 heteroatoms. The molecule has 0 fully saturated rings. The first kappa shape index (κ1) is 28.9. The molecule has 0 amide bonds. The largest absolute Gasteiger partial charge is 0.493 e. The average Bonchev–Trinajstić information content (AvgIpc) is 2.89. The number of hydrogen-bond acceptors (Lipinski definition) is 4. The van der Waals surface area contributed by atoms with Crippen LogP contribution in [0.1, 0.15) is 54.9 Å².